The smallest absolute Gasteiger partial charge is 0.255 e. The average molecular weight is 464 g/mol. The first-order valence-corrected chi connectivity index (χ1v) is 11.3. The van der Waals surface area contributed by atoms with Gasteiger partial charge in [0.2, 0.25) is 5.91 Å². The topological polar surface area (TPSA) is 61.9 Å². The van der Waals surface area contributed by atoms with Crippen molar-refractivity contribution in [3.8, 4) is 5.75 Å². The summed E-state index contributed by atoms with van der Waals surface area (Å²) >= 11 is 6.51. The van der Waals surface area contributed by atoms with Gasteiger partial charge in [0.05, 0.1) is 10.7 Å². The lowest BCUT2D eigenvalue weighted by Crippen LogP contribution is -2.48. The van der Waals surface area contributed by atoms with Crippen LogP contribution in [0.3, 0.4) is 0 Å². The largest absolute Gasteiger partial charge is 0.489 e. The van der Waals surface area contributed by atoms with Gasteiger partial charge in [0.1, 0.15) is 12.4 Å². The van der Waals surface area contributed by atoms with Crippen LogP contribution in [0.5, 0.6) is 5.75 Å². The molecule has 1 aliphatic heterocycles. The van der Waals surface area contributed by atoms with Gasteiger partial charge in [-0.25, -0.2) is 0 Å². The maximum Gasteiger partial charge on any atom is 0.255 e. The summed E-state index contributed by atoms with van der Waals surface area (Å²) in [6.07, 6.45) is 0. The van der Waals surface area contributed by atoms with Crippen LogP contribution in [0.25, 0.3) is 0 Å². The summed E-state index contributed by atoms with van der Waals surface area (Å²) in [5, 5.41) is 3.46. The van der Waals surface area contributed by atoms with Gasteiger partial charge >= 0.3 is 0 Å². The minimum atomic E-state index is -0.219. The zero-order valence-corrected chi connectivity index (χ0v) is 19.2. The number of halogens is 1. The number of nitrogens with zero attached hydrogens (tertiary/aromatic N) is 2. The van der Waals surface area contributed by atoms with Gasteiger partial charge in [-0.05, 0) is 48.0 Å². The molecule has 4 rings (SSSR count). The Bertz CT molecular complexity index is 1110. The van der Waals surface area contributed by atoms with Gasteiger partial charge in [-0.15, -0.1) is 0 Å². The van der Waals surface area contributed by atoms with Crippen LogP contribution in [0, 0.1) is 0 Å². The van der Waals surface area contributed by atoms with Crippen molar-refractivity contribution in [3.63, 3.8) is 0 Å². The van der Waals surface area contributed by atoms with E-state index in [1.54, 1.807) is 37.3 Å². The van der Waals surface area contributed by atoms with Gasteiger partial charge in [-0.1, -0.05) is 41.9 Å². The van der Waals surface area contributed by atoms with E-state index in [9.17, 15) is 9.59 Å². The first-order chi connectivity index (χ1) is 16.0. The second-order valence-corrected chi connectivity index (χ2v) is 8.32. The highest BCUT2D eigenvalue weighted by atomic mass is 35.5. The van der Waals surface area contributed by atoms with E-state index in [-0.39, 0.29) is 11.8 Å². The third kappa shape index (κ3) is 5.84. The Balaban J connectivity index is 1.33. The number of ether oxygens (including phenoxy) is 1. The molecule has 2 amide bonds. The first-order valence-electron chi connectivity index (χ1n) is 10.9. The van der Waals surface area contributed by atoms with Crippen LogP contribution in [0.4, 0.5) is 11.4 Å². The number of nitrogens with one attached hydrogen (secondary N) is 1. The Labute approximate surface area is 198 Å². The Kier molecular flexibility index (Phi) is 7.15. The monoisotopic (exact) mass is 463 g/mol. The van der Waals surface area contributed by atoms with Crippen LogP contribution in [0.15, 0.2) is 72.8 Å². The molecule has 7 heteroatoms. The molecular formula is C26H26ClN3O3. The quantitative estimate of drug-likeness (QED) is 0.568. The SMILES string of the molecule is CC(=O)N1CCN(c2ccc(NC(=O)c3ccc(OCc4ccccc4)cc3)cc2Cl)CC1. The number of piperazine rings is 1. The van der Waals surface area contributed by atoms with E-state index in [0.29, 0.717) is 41.7 Å². The molecule has 3 aromatic carbocycles. The van der Waals surface area contributed by atoms with Crippen molar-refractivity contribution in [2.75, 3.05) is 36.4 Å². The fraction of sp³-hybridized carbons (Fsp3) is 0.231. The number of anilines is 2. The zero-order chi connectivity index (χ0) is 23.2. The lowest BCUT2D eigenvalue weighted by Gasteiger charge is -2.36. The van der Waals surface area contributed by atoms with E-state index in [0.717, 1.165) is 24.3 Å². The number of hydrogen-bond donors (Lipinski definition) is 1. The van der Waals surface area contributed by atoms with E-state index in [2.05, 4.69) is 10.2 Å². The van der Waals surface area contributed by atoms with Crippen molar-refractivity contribution in [2.45, 2.75) is 13.5 Å². The third-order valence-electron chi connectivity index (χ3n) is 5.64. The van der Waals surface area contributed by atoms with Gasteiger partial charge in [-0.3, -0.25) is 9.59 Å². The summed E-state index contributed by atoms with van der Waals surface area (Å²) in [5.74, 6) is 0.575. The summed E-state index contributed by atoms with van der Waals surface area (Å²) in [7, 11) is 0. The molecule has 0 saturated carbocycles. The minimum Gasteiger partial charge on any atom is -0.489 e. The fourth-order valence-corrected chi connectivity index (χ4v) is 4.05. The average Bonchev–Trinajstić information content (AvgIpc) is 2.84. The highest BCUT2D eigenvalue weighted by Gasteiger charge is 2.20. The lowest BCUT2D eigenvalue weighted by molar-refractivity contribution is -0.129. The van der Waals surface area contributed by atoms with Gasteiger partial charge in [0.15, 0.2) is 0 Å². The summed E-state index contributed by atoms with van der Waals surface area (Å²) in [5.41, 5.74) is 3.14. The number of hydrogen-bond acceptors (Lipinski definition) is 4. The summed E-state index contributed by atoms with van der Waals surface area (Å²) < 4.78 is 5.78. The molecule has 170 valence electrons. The number of amides is 2. The number of benzene rings is 3. The second kappa shape index (κ2) is 10.4. The fourth-order valence-electron chi connectivity index (χ4n) is 3.75. The highest BCUT2D eigenvalue weighted by Crippen LogP contribution is 2.30. The number of carbonyl (C=O) groups is 2. The third-order valence-corrected chi connectivity index (χ3v) is 5.94. The highest BCUT2D eigenvalue weighted by molar-refractivity contribution is 6.33. The molecule has 0 spiro atoms. The Morgan fingerprint density at radius 3 is 2.27 bits per heavy atom. The minimum absolute atomic E-state index is 0.0922. The van der Waals surface area contributed by atoms with Crippen LogP contribution in [0.2, 0.25) is 5.02 Å². The lowest BCUT2D eigenvalue weighted by atomic mass is 10.2. The van der Waals surface area contributed by atoms with Crippen LogP contribution in [-0.2, 0) is 11.4 Å². The predicted molar refractivity (Wildman–Crippen MR) is 131 cm³/mol. The molecule has 1 heterocycles. The van der Waals surface area contributed by atoms with Gasteiger partial charge in [-0.2, -0.15) is 0 Å². The van der Waals surface area contributed by atoms with Gasteiger partial charge in [0, 0.05) is 44.4 Å². The maximum absolute atomic E-state index is 12.7. The van der Waals surface area contributed by atoms with E-state index in [1.165, 1.54) is 0 Å². The Morgan fingerprint density at radius 1 is 0.939 bits per heavy atom. The van der Waals surface area contributed by atoms with E-state index >= 15 is 0 Å². The van der Waals surface area contributed by atoms with Crippen molar-refractivity contribution in [2.24, 2.45) is 0 Å². The van der Waals surface area contributed by atoms with E-state index < -0.39 is 0 Å². The predicted octanol–water partition coefficient (Wildman–Crippen LogP) is 4.84. The zero-order valence-electron chi connectivity index (χ0n) is 18.5. The molecule has 0 bridgehead atoms. The standard InChI is InChI=1S/C26H26ClN3O3/c1-19(31)29-13-15-30(16-14-29)25-12-9-22(17-24(25)27)28-26(32)21-7-10-23(11-8-21)33-18-20-5-3-2-4-6-20/h2-12,17H,13-16,18H2,1H3,(H,28,32). The Morgan fingerprint density at radius 2 is 1.64 bits per heavy atom. The molecule has 0 aromatic heterocycles. The van der Waals surface area contributed by atoms with Crippen molar-refractivity contribution in [1.29, 1.82) is 0 Å². The molecule has 1 saturated heterocycles. The summed E-state index contributed by atoms with van der Waals surface area (Å²) in [6, 6.07) is 22.5. The second-order valence-electron chi connectivity index (χ2n) is 7.91. The molecule has 0 unspecified atom stereocenters. The van der Waals surface area contributed by atoms with Crippen molar-refractivity contribution in [1.82, 2.24) is 4.90 Å². The van der Waals surface area contributed by atoms with E-state index in [1.807, 2.05) is 47.4 Å². The van der Waals surface area contributed by atoms with Crippen molar-refractivity contribution >= 4 is 34.8 Å². The van der Waals surface area contributed by atoms with Gasteiger partial charge < -0.3 is 19.9 Å². The Hall–Kier alpha value is -3.51. The van der Waals surface area contributed by atoms with Crippen molar-refractivity contribution < 1.29 is 14.3 Å². The molecule has 33 heavy (non-hydrogen) atoms. The van der Waals surface area contributed by atoms with Crippen molar-refractivity contribution in [3.05, 3.63) is 88.9 Å². The normalized spacial score (nSPS) is 13.5. The molecule has 1 aliphatic rings. The molecule has 0 aliphatic carbocycles. The van der Waals surface area contributed by atoms with Crippen LogP contribution in [-0.4, -0.2) is 42.9 Å². The molecule has 1 fully saturated rings. The van der Waals surface area contributed by atoms with E-state index in [4.69, 9.17) is 16.3 Å². The molecule has 0 radical (unpaired) electrons. The number of rotatable bonds is 6. The van der Waals surface area contributed by atoms with Crippen LogP contribution in [0.1, 0.15) is 22.8 Å². The first kappa shape index (κ1) is 22.7. The summed E-state index contributed by atoms with van der Waals surface area (Å²) in [6.45, 7) is 4.87. The maximum atomic E-state index is 12.7. The molecule has 3 aromatic rings. The molecular weight excluding hydrogens is 438 g/mol. The summed E-state index contributed by atoms with van der Waals surface area (Å²) in [4.78, 5) is 28.2. The molecule has 0 atom stereocenters. The van der Waals surface area contributed by atoms with Gasteiger partial charge in [0.25, 0.3) is 5.91 Å². The van der Waals surface area contributed by atoms with Crippen LogP contribution >= 0.6 is 11.6 Å². The van der Waals surface area contributed by atoms with Crippen LogP contribution < -0.4 is 15.0 Å². The molecule has 6 nitrogen and oxygen atoms in total. The number of carbonyl (C=O) groups excluding carboxylic acids is 2. The molecule has 1 N–H and O–H groups in total.